The first-order chi connectivity index (χ1) is 16.4. The Balaban J connectivity index is 1.89. The van der Waals surface area contributed by atoms with Gasteiger partial charge in [0.15, 0.2) is 6.79 Å². The third kappa shape index (κ3) is 7.18. The van der Waals surface area contributed by atoms with E-state index in [2.05, 4.69) is 5.32 Å². The third-order valence-corrected chi connectivity index (χ3v) is 8.56. The van der Waals surface area contributed by atoms with Crippen LogP contribution < -0.4 is 5.32 Å². The zero-order valence-electron chi connectivity index (χ0n) is 19.7. The summed E-state index contributed by atoms with van der Waals surface area (Å²) in [6.07, 6.45) is 3.14. The van der Waals surface area contributed by atoms with Crippen molar-refractivity contribution < 1.29 is 23.4 Å². The SMILES string of the molecule is CC(C)(C)C(=O)OCOP(C)(=O)C(C(=O)N/C=C/c1cccc(Cl)c1)c1csc2ccc(Cl)cc12. The van der Waals surface area contributed by atoms with Gasteiger partial charge in [-0.2, -0.15) is 0 Å². The Morgan fingerprint density at radius 3 is 2.54 bits per heavy atom. The number of thiophene rings is 1. The quantitative estimate of drug-likeness (QED) is 0.177. The summed E-state index contributed by atoms with van der Waals surface area (Å²) < 4.78 is 25.3. The average molecular weight is 554 g/mol. The molecule has 0 bridgehead atoms. The molecular weight excluding hydrogens is 528 g/mol. The van der Waals surface area contributed by atoms with Gasteiger partial charge in [0.25, 0.3) is 0 Å². The van der Waals surface area contributed by atoms with Gasteiger partial charge in [0.1, 0.15) is 5.66 Å². The lowest BCUT2D eigenvalue weighted by Crippen LogP contribution is -2.27. The van der Waals surface area contributed by atoms with Gasteiger partial charge in [-0.3, -0.25) is 18.7 Å². The molecule has 1 aromatic heterocycles. The lowest BCUT2D eigenvalue weighted by molar-refractivity contribution is -0.159. The van der Waals surface area contributed by atoms with E-state index in [1.54, 1.807) is 62.6 Å². The number of rotatable bonds is 8. The number of benzene rings is 2. The van der Waals surface area contributed by atoms with Crippen LogP contribution in [-0.2, 0) is 23.4 Å². The number of hydrogen-bond acceptors (Lipinski definition) is 6. The van der Waals surface area contributed by atoms with Crippen molar-refractivity contribution in [3.63, 3.8) is 0 Å². The molecule has 2 atom stereocenters. The molecule has 10 heteroatoms. The molecule has 2 unspecified atom stereocenters. The highest BCUT2D eigenvalue weighted by molar-refractivity contribution is 7.59. The molecular formula is C25H26Cl2NO5PS. The normalized spacial score (nSPS) is 14.6. The summed E-state index contributed by atoms with van der Waals surface area (Å²) in [5.41, 5.74) is -0.600. The molecule has 0 spiro atoms. The zero-order chi connectivity index (χ0) is 25.8. The average Bonchev–Trinajstić information content (AvgIpc) is 3.15. The maximum atomic E-state index is 13.7. The van der Waals surface area contributed by atoms with Crippen LogP contribution in [0.5, 0.6) is 0 Å². The van der Waals surface area contributed by atoms with Gasteiger partial charge >= 0.3 is 5.97 Å². The van der Waals surface area contributed by atoms with Crippen LogP contribution in [-0.4, -0.2) is 25.3 Å². The number of ether oxygens (including phenoxy) is 1. The molecule has 0 aliphatic heterocycles. The maximum Gasteiger partial charge on any atom is 0.313 e. The molecule has 6 nitrogen and oxygen atoms in total. The molecule has 0 aliphatic rings. The van der Waals surface area contributed by atoms with Gasteiger partial charge in [0.05, 0.1) is 5.41 Å². The fourth-order valence-corrected chi connectivity index (χ4v) is 6.29. The first-order valence-corrected chi connectivity index (χ1v) is 14.4. The molecule has 1 amide bonds. The topological polar surface area (TPSA) is 81.7 Å². The third-order valence-electron chi connectivity index (χ3n) is 5.04. The van der Waals surface area contributed by atoms with Crippen molar-refractivity contribution in [2.45, 2.75) is 26.4 Å². The van der Waals surface area contributed by atoms with Crippen LogP contribution in [0.4, 0.5) is 0 Å². The van der Waals surface area contributed by atoms with E-state index in [0.29, 0.717) is 21.0 Å². The lowest BCUT2D eigenvalue weighted by Gasteiger charge is -2.24. The molecule has 0 radical (unpaired) electrons. The van der Waals surface area contributed by atoms with E-state index >= 15 is 0 Å². The van der Waals surface area contributed by atoms with Crippen LogP contribution in [0.2, 0.25) is 10.0 Å². The number of fused-ring (bicyclic) bond motifs is 1. The zero-order valence-corrected chi connectivity index (χ0v) is 22.9. The van der Waals surface area contributed by atoms with E-state index < -0.39 is 37.1 Å². The summed E-state index contributed by atoms with van der Waals surface area (Å²) in [6.45, 7) is 5.92. The highest BCUT2D eigenvalue weighted by atomic mass is 35.5. The van der Waals surface area contributed by atoms with Gasteiger partial charge in [-0.1, -0.05) is 35.3 Å². The van der Waals surface area contributed by atoms with E-state index in [1.807, 2.05) is 12.1 Å². The largest absolute Gasteiger partial charge is 0.438 e. The van der Waals surface area contributed by atoms with E-state index in [9.17, 15) is 14.2 Å². The predicted molar refractivity (Wildman–Crippen MR) is 143 cm³/mol. The Bertz CT molecular complexity index is 1310. The van der Waals surface area contributed by atoms with E-state index in [0.717, 1.165) is 10.3 Å². The Hall–Kier alpha value is -2.15. The van der Waals surface area contributed by atoms with Crippen LogP contribution in [0.15, 0.2) is 54.0 Å². The molecule has 1 N–H and O–H groups in total. The number of carbonyl (C=O) groups is 2. The Morgan fingerprint density at radius 1 is 1.14 bits per heavy atom. The second kappa shape index (κ2) is 11.3. The minimum absolute atomic E-state index is 0.489. The first kappa shape index (κ1) is 27.4. The van der Waals surface area contributed by atoms with Gasteiger partial charge < -0.3 is 10.1 Å². The van der Waals surface area contributed by atoms with Gasteiger partial charge in [0.2, 0.25) is 13.3 Å². The molecule has 0 fully saturated rings. The second-order valence-corrected chi connectivity index (χ2v) is 13.3. The van der Waals surface area contributed by atoms with E-state index in [-0.39, 0.29) is 0 Å². The summed E-state index contributed by atoms with van der Waals surface area (Å²) in [5.74, 6) is -1.04. The Kier molecular flexibility index (Phi) is 8.84. The molecule has 0 saturated carbocycles. The summed E-state index contributed by atoms with van der Waals surface area (Å²) in [4.78, 5) is 25.4. The number of esters is 1. The smallest absolute Gasteiger partial charge is 0.313 e. The van der Waals surface area contributed by atoms with Gasteiger partial charge in [-0.05, 0) is 79.1 Å². The monoisotopic (exact) mass is 553 g/mol. The Labute approximate surface area is 218 Å². The molecule has 3 rings (SSSR count). The molecule has 3 aromatic rings. The predicted octanol–water partition coefficient (Wildman–Crippen LogP) is 7.51. The van der Waals surface area contributed by atoms with Gasteiger partial charge in [0, 0.05) is 27.6 Å². The van der Waals surface area contributed by atoms with Crippen molar-refractivity contribution in [3.05, 3.63) is 75.2 Å². The number of hydrogen-bond donors (Lipinski definition) is 1. The van der Waals surface area contributed by atoms with Crippen molar-refractivity contribution in [2.75, 3.05) is 13.5 Å². The minimum Gasteiger partial charge on any atom is -0.438 e. The van der Waals surface area contributed by atoms with Crippen LogP contribution in [0, 0.1) is 5.41 Å². The summed E-state index contributed by atoms with van der Waals surface area (Å²) in [6, 6.07) is 12.4. The molecule has 1 heterocycles. The van der Waals surface area contributed by atoms with E-state index in [4.69, 9.17) is 32.5 Å². The lowest BCUT2D eigenvalue weighted by atomic mass is 9.98. The first-order valence-electron chi connectivity index (χ1n) is 10.7. The van der Waals surface area contributed by atoms with E-state index in [1.165, 1.54) is 24.2 Å². The molecule has 35 heavy (non-hydrogen) atoms. The maximum absolute atomic E-state index is 13.7. The summed E-state index contributed by atoms with van der Waals surface area (Å²) in [7, 11) is -3.68. The Morgan fingerprint density at radius 2 is 1.86 bits per heavy atom. The highest BCUT2D eigenvalue weighted by Gasteiger charge is 2.39. The van der Waals surface area contributed by atoms with Crippen molar-refractivity contribution in [3.8, 4) is 0 Å². The van der Waals surface area contributed by atoms with Crippen molar-refractivity contribution in [1.29, 1.82) is 0 Å². The van der Waals surface area contributed by atoms with Crippen LogP contribution >= 0.6 is 41.9 Å². The van der Waals surface area contributed by atoms with Crippen LogP contribution in [0.1, 0.15) is 37.6 Å². The van der Waals surface area contributed by atoms with Crippen molar-refractivity contribution in [1.82, 2.24) is 5.32 Å². The van der Waals surface area contributed by atoms with Crippen LogP contribution in [0.3, 0.4) is 0 Å². The number of amides is 1. The number of nitrogens with one attached hydrogen (secondary N) is 1. The standard InChI is InChI=1S/C25H26Cl2NO5PS/c1-25(2,3)24(30)32-15-33-34(4,31)22(20-14-35-21-9-8-18(27)13-19(20)21)23(29)28-11-10-16-6-5-7-17(26)12-16/h5-14,22H,15H2,1-4H3,(H,28,29)/b11-10+. The highest BCUT2D eigenvalue weighted by Crippen LogP contribution is 2.59. The molecule has 0 aliphatic carbocycles. The molecule has 0 saturated heterocycles. The molecule has 2 aromatic carbocycles. The summed E-state index contributed by atoms with van der Waals surface area (Å²) >= 11 is 13.6. The second-order valence-electron chi connectivity index (χ2n) is 8.97. The van der Waals surface area contributed by atoms with Crippen molar-refractivity contribution >= 4 is 69.9 Å². The fourth-order valence-electron chi connectivity index (χ4n) is 3.22. The summed E-state index contributed by atoms with van der Waals surface area (Å²) in [5, 5.41) is 6.23. The van der Waals surface area contributed by atoms with Gasteiger partial charge in [-0.15, -0.1) is 11.3 Å². The minimum atomic E-state index is -3.68. The van der Waals surface area contributed by atoms with Gasteiger partial charge in [-0.25, -0.2) is 0 Å². The van der Waals surface area contributed by atoms with Crippen LogP contribution in [0.25, 0.3) is 16.2 Å². The van der Waals surface area contributed by atoms with Crippen molar-refractivity contribution in [2.24, 2.45) is 5.41 Å². The number of halogens is 2. The number of carbonyl (C=O) groups excluding carboxylic acids is 2. The molecule has 186 valence electrons. The fraction of sp³-hybridized carbons (Fsp3) is 0.280.